The Bertz CT molecular complexity index is 682. The van der Waals surface area contributed by atoms with Crippen molar-refractivity contribution < 1.29 is 14.3 Å². The summed E-state index contributed by atoms with van der Waals surface area (Å²) in [6.45, 7) is 0.620. The molecule has 5 nitrogen and oxygen atoms in total. The van der Waals surface area contributed by atoms with Crippen LogP contribution in [0.1, 0.15) is 37.8 Å². The van der Waals surface area contributed by atoms with Gasteiger partial charge in [0.2, 0.25) is 0 Å². The van der Waals surface area contributed by atoms with Crippen LogP contribution in [0, 0.1) is 5.92 Å². The van der Waals surface area contributed by atoms with Crippen LogP contribution < -0.4 is 0 Å². The molecular formula is C17H20N2O3S. The number of likely N-dealkylation sites (tertiary alicyclic amines) is 1. The second kappa shape index (κ2) is 6.09. The topological polar surface area (TPSA) is 66.6 Å². The molecule has 1 aliphatic carbocycles. The van der Waals surface area contributed by atoms with Gasteiger partial charge in [0, 0.05) is 18.0 Å². The van der Waals surface area contributed by atoms with Crippen LogP contribution in [0.4, 0.5) is 0 Å². The summed E-state index contributed by atoms with van der Waals surface area (Å²) in [7, 11) is 0. The van der Waals surface area contributed by atoms with Crippen LogP contribution in [0.15, 0.2) is 28.2 Å². The lowest BCUT2D eigenvalue weighted by Crippen LogP contribution is -2.41. The van der Waals surface area contributed by atoms with E-state index in [1.54, 1.807) is 17.6 Å². The highest BCUT2D eigenvalue weighted by Gasteiger charge is 2.45. The highest BCUT2D eigenvalue weighted by atomic mass is 32.1. The van der Waals surface area contributed by atoms with Crippen molar-refractivity contribution in [2.75, 3.05) is 0 Å². The molecule has 1 saturated carbocycles. The molecule has 6 heteroatoms. The van der Waals surface area contributed by atoms with E-state index < -0.39 is 5.97 Å². The fourth-order valence-electron chi connectivity index (χ4n) is 4.10. The maximum atomic E-state index is 11.7. The minimum Gasteiger partial charge on any atom is -0.480 e. The van der Waals surface area contributed by atoms with Crippen molar-refractivity contribution in [1.82, 2.24) is 9.88 Å². The van der Waals surface area contributed by atoms with Gasteiger partial charge in [0.05, 0.1) is 12.0 Å². The lowest BCUT2D eigenvalue weighted by molar-refractivity contribution is -0.142. The van der Waals surface area contributed by atoms with Crippen LogP contribution >= 0.6 is 11.3 Å². The first-order chi connectivity index (χ1) is 11.2. The fourth-order valence-corrected chi connectivity index (χ4v) is 4.88. The summed E-state index contributed by atoms with van der Waals surface area (Å²) in [5, 5.41) is 12.5. The number of carboxylic acid groups (broad SMARTS) is 1. The summed E-state index contributed by atoms with van der Waals surface area (Å²) in [6.07, 6.45) is 7.15. The maximum absolute atomic E-state index is 11.7. The summed E-state index contributed by atoms with van der Waals surface area (Å²) >= 11 is 1.55. The van der Waals surface area contributed by atoms with Crippen LogP contribution in [-0.4, -0.2) is 33.0 Å². The summed E-state index contributed by atoms with van der Waals surface area (Å²) in [4.78, 5) is 18.5. The summed E-state index contributed by atoms with van der Waals surface area (Å²) in [5.74, 6) is 0.613. The fraction of sp³-hybridized carbons (Fsp3) is 0.529. The van der Waals surface area contributed by atoms with Crippen molar-refractivity contribution in [2.24, 2.45) is 5.92 Å². The number of thiazole rings is 1. The smallest absolute Gasteiger partial charge is 0.320 e. The van der Waals surface area contributed by atoms with Crippen molar-refractivity contribution >= 4 is 17.3 Å². The number of carboxylic acids is 1. The van der Waals surface area contributed by atoms with Gasteiger partial charge in [-0.2, -0.15) is 0 Å². The van der Waals surface area contributed by atoms with E-state index in [9.17, 15) is 9.90 Å². The third-order valence-electron chi connectivity index (χ3n) is 5.13. The average molecular weight is 332 g/mol. The van der Waals surface area contributed by atoms with E-state index in [0.717, 1.165) is 29.3 Å². The molecule has 0 spiro atoms. The number of fused-ring (bicyclic) bond motifs is 1. The Hall–Kier alpha value is -1.66. The van der Waals surface area contributed by atoms with Crippen LogP contribution in [0.3, 0.4) is 0 Å². The molecule has 0 aromatic carbocycles. The third kappa shape index (κ3) is 2.81. The predicted octanol–water partition coefficient (Wildman–Crippen LogP) is 3.62. The van der Waals surface area contributed by atoms with E-state index in [2.05, 4.69) is 9.88 Å². The number of carbonyl (C=O) groups is 1. The largest absolute Gasteiger partial charge is 0.480 e. The normalized spacial score (nSPS) is 27.9. The summed E-state index contributed by atoms with van der Waals surface area (Å²) < 4.78 is 5.39. The van der Waals surface area contributed by atoms with E-state index in [0.29, 0.717) is 18.5 Å². The number of hydrogen-bond donors (Lipinski definition) is 1. The van der Waals surface area contributed by atoms with Crippen LogP contribution in [0.5, 0.6) is 0 Å². The zero-order valence-corrected chi connectivity index (χ0v) is 13.7. The minimum atomic E-state index is -0.694. The quantitative estimate of drug-likeness (QED) is 0.926. The van der Waals surface area contributed by atoms with Crippen LogP contribution in [-0.2, 0) is 11.3 Å². The molecular weight excluding hydrogens is 312 g/mol. The first-order valence-electron chi connectivity index (χ1n) is 8.19. The molecule has 0 amide bonds. The molecule has 1 N–H and O–H groups in total. The van der Waals surface area contributed by atoms with Crippen molar-refractivity contribution in [2.45, 2.75) is 50.7 Å². The molecule has 3 heterocycles. The van der Waals surface area contributed by atoms with E-state index in [1.807, 2.05) is 17.5 Å². The lowest BCUT2D eigenvalue weighted by atomic mass is 9.85. The molecule has 0 radical (unpaired) electrons. The number of nitrogens with zero attached hydrogens (tertiary/aromatic N) is 2. The van der Waals surface area contributed by atoms with Crippen molar-refractivity contribution in [3.8, 4) is 10.8 Å². The molecule has 0 unspecified atom stereocenters. The van der Waals surface area contributed by atoms with Crippen molar-refractivity contribution in [1.29, 1.82) is 0 Å². The molecule has 2 aromatic rings. The SMILES string of the molecule is O=C(O)[C@@H]1C[C@H]2CCCC[C@H]2N1Cc1csc(-c2ccco2)n1. The van der Waals surface area contributed by atoms with Gasteiger partial charge in [-0.1, -0.05) is 12.8 Å². The Morgan fingerprint density at radius 2 is 2.30 bits per heavy atom. The summed E-state index contributed by atoms with van der Waals surface area (Å²) in [5.41, 5.74) is 0.943. The zero-order chi connectivity index (χ0) is 15.8. The van der Waals surface area contributed by atoms with Crippen molar-refractivity contribution in [3.63, 3.8) is 0 Å². The molecule has 3 atom stereocenters. The molecule has 122 valence electrons. The van der Waals surface area contributed by atoms with Gasteiger partial charge in [-0.25, -0.2) is 4.98 Å². The number of furan rings is 1. The molecule has 0 bridgehead atoms. The standard InChI is InChI=1S/C17H20N2O3S/c20-17(21)14-8-11-4-1-2-5-13(11)19(14)9-12-10-23-16(18-12)15-6-3-7-22-15/h3,6-7,10-11,13-14H,1-2,4-5,8-9H2,(H,20,21)/t11-,13-,14+/m1/s1. The van der Waals surface area contributed by atoms with E-state index in [4.69, 9.17) is 4.42 Å². The molecule has 2 fully saturated rings. The van der Waals surface area contributed by atoms with Gasteiger partial charge in [0.15, 0.2) is 10.8 Å². The second-order valence-corrected chi connectivity index (χ2v) is 7.35. The van der Waals surface area contributed by atoms with Gasteiger partial charge >= 0.3 is 5.97 Å². The van der Waals surface area contributed by atoms with E-state index in [-0.39, 0.29) is 6.04 Å². The highest BCUT2D eigenvalue weighted by molar-refractivity contribution is 7.13. The summed E-state index contributed by atoms with van der Waals surface area (Å²) in [6, 6.07) is 3.79. The Morgan fingerprint density at radius 3 is 3.09 bits per heavy atom. The van der Waals surface area contributed by atoms with Crippen molar-refractivity contribution in [3.05, 3.63) is 29.5 Å². The number of rotatable bonds is 4. The van der Waals surface area contributed by atoms with Crippen LogP contribution in [0.25, 0.3) is 10.8 Å². The average Bonchev–Trinajstić information content (AvgIpc) is 3.26. The predicted molar refractivity (Wildman–Crippen MR) is 87.1 cm³/mol. The van der Waals surface area contributed by atoms with E-state index in [1.165, 1.54) is 19.3 Å². The Labute approximate surface area is 138 Å². The van der Waals surface area contributed by atoms with Gasteiger partial charge in [-0.05, 0) is 37.3 Å². The minimum absolute atomic E-state index is 0.364. The Morgan fingerprint density at radius 1 is 1.43 bits per heavy atom. The van der Waals surface area contributed by atoms with Gasteiger partial charge in [-0.15, -0.1) is 11.3 Å². The third-order valence-corrected chi connectivity index (χ3v) is 6.04. The molecule has 2 aromatic heterocycles. The van der Waals surface area contributed by atoms with Gasteiger partial charge in [0.25, 0.3) is 0 Å². The van der Waals surface area contributed by atoms with Crippen LogP contribution in [0.2, 0.25) is 0 Å². The maximum Gasteiger partial charge on any atom is 0.320 e. The Kier molecular flexibility index (Phi) is 3.95. The monoisotopic (exact) mass is 332 g/mol. The molecule has 1 aliphatic heterocycles. The lowest BCUT2D eigenvalue weighted by Gasteiger charge is -2.32. The zero-order valence-electron chi connectivity index (χ0n) is 12.9. The molecule has 4 rings (SSSR count). The molecule has 2 aliphatic rings. The number of hydrogen-bond acceptors (Lipinski definition) is 5. The Balaban J connectivity index is 1.55. The van der Waals surface area contributed by atoms with E-state index >= 15 is 0 Å². The second-order valence-electron chi connectivity index (χ2n) is 6.50. The molecule has 1 saturated heterocycles. The number of aliphatic carboxylic acids is 1. The van der Waals surface area contributed by atoms with Gasteiger partial charge in [0.1, 0.15) is 6.04 Å². The first-order valence-corrected chi connectivity index (χ1v) is 9.07. The first kappa shape index (κ1) is 14.9. The molecule has 23 heavy (non-hydrogen) atoms. The van der Waals surface area contributed by atoms with Gasteiger partial charge < -0.3 is 9.52 Å². The highest BCUT2D eigenvalue weighted by Crippen LogP contribution is 2.40. The van der Waals surface area contributed by atoms with Gasteiger partial charge in [-0.3, -0.25) is 9.69 Å². The number of aromatic nitrogens is 1.